The van der Waals surface area contributed by atoms with Crippen molar-refractivity contribution in [1.29, 1.82) is 0 Å². The van der Waals surface area contributed by atoms with Crippen LogP contribution in [0.3, 0.4) is 0 Å². The molecule has 0 saturated heterocycles. The van der Waals surface area contributed by atoms with E-state index in [1.54, 1.807) is 12.3 Å². The fourth-order valence-corrected chi connectivity index (χ4v) is 4.43. The molecule has 0 aliphatic heterocycles. The van der Waals surface area contributed by atoms with Gasteiger partial charge in [-0.25, -0.2) is 0 Å². The Morgan fingerprint density at radius 2 is 1.77 bits per heavy atom. The number of fused-ring (bicyclic) bond motifs is 4. The number of carbonyl (C=O) groups excluding carboxylic acids is 1. The summed E-state index contributed by atoms with van der Waals surface area (Å²) in [5.41, 5.74) is 4.72. The number of aryl methyl sites for hydroxylation is 1. The summed E-state index contributed by atoms with van der Waals surface area (Å²) in [6.45, 7) is 7.08. The van der Waals surface area contributed by atoms with Gasteiger partial charge in [-0.15, -0.1) is 17.7 Å². The van der Waals surface area contributed by atoms with E-state index in [4.69, 9.17) is 9.52 Å². The van der Waals surface area contributed by atoms with Gasteiger partial charge in [-0.1, -0.05) is 61.2 Å². The number of benzene rings is 3. The van der Waals surface area contributed by atoms with Gasteiger partial charge in [0.2, 0.25) is 0 Å². The molecule has 0 bridgehead atoms. The zero-order valence-electron chi connectivity index (χ0n) is 22.5. The molecule has 0 unspecified atom stereocenters. The topological polar surface area (TPSA) is 63.3 Å². The second-order valence-corrected chi connectivity index (χ2v) is 9.82. The molecule has 211 valence electrons. The molecule has 0 amide bonds. The average molecular weight is 725 g/mol. The second kappa shape index (κ2) is 12.8. The van der Waals surface area contributed by atoms with Crippen molar-refractivity contribution in [2.24, 2.45) is 0 Å². The van der Waals surface area contributed by atoms with E-state index in [2.05, 4.69) is 31.0 Å². The predicted molar refractivity (Wildman–Crippen MR) is 149 cm³/mol. The van der Waals surface area contributed by atoms with E-state index < -0.39 is 12.6 Å². The molecule has 2 aromatic heterocycles. The number of rotatable bonds is 5. The van der Waals surface area contributed by atoms with Gasteiger partial charge in [-0.3, -0.25) is 4.79 Å². The fraction of sp³-hybridized carbons (Fsp3) is 0.250. The normalized spacial score (nSPS) is 11.9. The first-order chi connectivity index (χ1) is 18.4. The number of nitrogens with zero attached hydrogens (tertiary/aromatic N) is 1. The minimum Gasteiger partial charge on any atom is -0.512 e. The number of aliphatic hydroxyl groups is 1. The van der Waals surface area contributed by atoms with Crippen LogP contribution in [-0.4, -0.2) is 22.1 Å². The van der Waals surface area contributed by atoms with Crippen LogP contribution in [0.4, 0.5) is 13.2 Å². The summed E-state index contributed by atoms with van der Waals surface area (Å²) in [7, 11) is 0. The van der Waals surface area contributed by atoms with Gasteiger partial charge >= 0.3 is 6.18 Å². The van der Waals surface area contributed by atoms with E-state index >= 15 is 0 Å². The van der Waals surface area contributed by atoms with Crippen molar-refractivity contribution >= 4 is 38.5 Å². The summed E-state index contributed by atoms with van der Waals surface area (Å²) in [4.78, 5) is 14.7. The number of para-hydroxylation sites is 1. The molecule has 3 aromatic carbocycles. The summed E-state index contributed by atoms with van der Waals surface area (Å²) in [6, 6.07) is 20.8. The minimum absolute atomic E-state index is 0. The van der Waals surface area contributed by atoms with Crippen molar-refractivity contribution in [3.63, 3.8) is 0 Å². The van der Waals surface area contributed by atoms with Crippen LogP contribution in [0.5, 0.6) is 0 Å². The first-order valence-electron chi connectivity index (χ1n) is 12.6. The van der Waals surface area contributed by atoms with Gasteiger partial charge < -0.3 is 14.5 Å². The Labute approximate surface area is 244 Å². The number of allylic oxidation sites excluding steroid dienone is 2. The van der Waals surface area contributed by atoms with Crippen LogP contribution in [-0.2, 0) is 31.3 Å². The zero-order chi connectivity index (χ0) is 28.3. The fourth-order valence-electron chi connectivity index (χ4n) is 4.43. The minimum atomic E-state index is -4.17. The van der Waals surface area contributed by atoms with Crippen LogP contribution in [0.25, 0.3) is 44.0 Å². The molecule has 0 fully saturated rings. The van der Waals surface area contributed by atoms with Crippen molar-refractivity contribution in [1.82, 2.24) is 4.98 Å². The number of pyridine rings is 1. The van der Waals surface area contributed by atoms with E-state index in [1.807, 2.05) is 42.5 Å². The molecule has 2 heterocycles. The number of hydrogen-bond acceptors (Lipinski definition) is 4. The maximum atomic E-state index is 12.7. The predicted octanol–water partition coefficient (Wildman–Crippen LogP) is 9.25. The number of halogens is 3. The third-order valence-corrected chi connectivity index (χ3v) is 6.23. The number of aromatic nitrogens is 1. The van der Waals surface area contributed by atoms with Crippen molar-refractivity contribution in [2.75, 3.05) is 0 Å². The Kier molecular flexibility index (Phi) is 9.93. The average Bonchev–Trinajstić information content (AvgIpc) is 3.24. The smallest absolute Gasteiger partial charge is 0.389 e. The van der Waals surface area contributed by atoms with E-state index in [1.165, 1.54) is 19.9 Å². The first-order valence-corrected chi connectivity index (χ1v) is 12.6. The van der Waals surface area contributed by atoms with E-state index in [9.17, 15) is 18.0 Å². The standard InChI is InChI=1S/C27H21F3NO.C5H8O2.Ir/c1-16(2)19-14-22-21-5-3-4-6-24(21)32-26(22)23(15-19)25-20-8-7-17(9-11-27(28,29)30)13-18(20)10-12-31-25;1-4(6)3-5(2)7;/h3-8,10,12-14,16H,9,11H2,1-2H3;3,6H,1-2H3;/q-1;;/b;4-3-;. The van der Waals surface area contributed by atoms with Crippen LogP contribution in [0, 0.1) is 6.07 Å². The second-order valence-electron chi connectivity index (χ2n) is 9.82. The Hall–Kier alpha value is -3.48. The molecule has 8 heteroatoms. The van der Waals surface area contributed by atoms with Crippen LogP contribution in [0.2, 0.25) is 0 Å². The van der Waals surface area contributed by atoms with E-state index in [-0.39, 0.29) is 44.0 Å². The summed E-state index contributed by atoms with van der Waals surface area (Å²) in [5.74, 6) is 0.197. The number of aliphatic hydroxyl groups excluding tert-OH is 1. The van der Waals surface area contributed by atoms with Crippen molar-refractivity contribution in [3.05, 3.63) is 89.8 Å². The summed E-state index contributed by atoms with van der Waals surface area (Å²) in [6.07, 6.45) is -2.19. The molecule has 0 aliphatic carbocycles. The van der Waals surface area contributed by atoms with E-state index in [0.29, 0.717) is 5.56 Å². The van der Waals surface area contributed by atoms with Crippen LogP contribution < -0.4 is 0 Å². The van der Waals surface area contributed by atoms with Crippen LogP contribution >= 0.6 is 0 Å². The maximum Gasteiger partial charge on any atom is 0.389 e. The molecular formula is C32H29F3IrNO3-. The zero-order valence-corrected chi connectivity index (χ0v) is 24.9. The molecule has 1 N–H and O–H groups in total. The summed E-state index contributed by atoms with van der Waals surface area (Å²) < 4.78 is 44.2. The third-order valence-electron chi connectivity index (χ3n) is 6.23. The monoisotopic (exact) mass is 725 g/mol. The molecule has 1 radical (unpaired) electrons. The maximum absolute atomic E-state index is 12.7. The van der Waals surface area contributed by atoms with Gasteiger partial charge in [0.1, 0.15) is 5.58 Å². The Balaban J connectivity index is 0.000000492. The molecule has 0 aliphatic rings. The Morgan fingerprint density at radius 1 is 1.05 bits per heavy atom. The number of carbonyl (C=O) groups is 1. The number of furan rings is 1. The van der Waals surface area contributed by atoms with Crippen molar-refractivity contribution < 1.29 is 47.6 Å². The van der Waals surface area contributed by atoms with Crippen molar-refractivity contribution in [3.8, 4) is 11.3 Å². The van der Waals surface area contributed by atoms with Gasteiger partial charge in [0.15, 0.2) is 5.78 Å². The van der Waals surface area contributed by atoms with Gasteiger partial charge in [-0.05, 0) is 60.3 Å². The molecule has 5 rings (SSSR count). The molecule has 0 spiro atoms. The Morgan fingerprint density at radius 3 is 2.40 bits per heavy atom. The number of alkyl halides is 3. The van der Waals surface area contributed by atoms with Gasteiger partial charge in [0.05, 0.1) is 11.3 Å². The molecule has 0 atom stereocenters. The quantitative estimate of drug-likeness (QED) is 0.112. The third kappa shape index (κ3) is 7.37. The molecule has 0 saturated carbocycles. The first kappa shape index (κ1) is 31.1. The van der Waals surface area contributed by atoms with Gasteiger partial charge in [0, 0.05) is 44.2 Å². The van der Waals surface area contributed by atoms with Gasteiger partial charge in [0.25, 0.3) is 0 Å². The van der Waals surface area contributed by atoms with E-state index in [0.717, 1.165) is 49.5 Å². The molecular weight excluding hydrogens is 696 g/mol. The SMILES string of the molecule is CC(=O)/C=C(/C)O.CC(C)c1[c-]c(-c2nccc3cc(CCC(F)(F)F)ccc23)c2oc3ccccc3c2c1.[Ir]. The molecule has 4 nitrogen and oxygen atoms in total. The summed E-state index contributed by atoms with van der Waals surface area (Å²) in [5, 5.41) is 12.1. The molecule has 40 heavy (non-hydrogen) atoms. The number of ketones is 1. The molecule has 5 aromatic rings. The van der Waals surface area contributed by atoms with Crippen LogP contribution in [0.15, 0.2) is 77.0 Å². The van der Waals surface area contributed by atoms with Crippen molar-refractivity contribution in [2.45, 2.75) is 52.6 Å². The Bertz CT molecular complexity index is 1680. The van der Waals surface area contributed by atoms with Crippen LogP contribution in [0.1, 0.15) is 51.2 Å². The summed E-state index contributed by atoms with van der Waals surface area (Å²) >= 11 is 0. The number of hydrogen-bond donors (Lipinski definition) is 1. The largest absolute Gasteiger partial charge is 0.512 e. The van der Waals surface area contributed by atoms with Gasteiger partial charge in [-0.2, -0.15) is 13.2 Å².